The van der Waals surface area contributed by atoms with Gasteiger partial charge in [-0.05, 0) is 32.1 Å². The van der Waals surface area contributed by atoms with Crippen molar-refractivity contribution in [2.75, 3.05) is 20.2 Å². The molecule has 0 aromatic heterocycles. The number of nitrogens with one attached hydrogen (secondary N) is 2. The molecule has 1 saturated carbocycles. The van der Waals surface area contributed by atoms with E-state index in [0.29, 0.717) is 24.4 Å². The van der Waals surface area contributed by atoms with Crippen LogP contribution in [0, 0.1) is 0 Å². The van der Waals surface area contributed by atoms with Crippen molar-refractivity contribution in [2.24, 2.45) is 4.99 Å². The number of fused-ring (bicyclic) bond motifs is 2. The van der Waals surface area contributed by atoms with Crippen LogP contribution in [-0.4, -0.2) is 50.5 Å². The van der Waals surface area contributed by atoms with E-state index in [2.05, 4.69) is 15.6 Å². The van der Waals surface area contributed by atoms with Crippen LogP contribution in [0.5, 0.6) is 0 Å². The average Bonchev–Trinajstić information content (AvgIpc) is 3.14. The van der Waals surface area contributed by atoms with Crippen LogP contribution in [0.4, 0.5) is 0 Å². The van der Waals surface area contributed by atoms with Crippen LogP contribution in [0.2, 0.25) is 0 Å². The van der Waals surface area contributed by atoms with Crippen molar-refractivity contribution < 1.29 is 9.47 Å². The highest BCUT2D eigenvalue weighted by Crippen LogP contribution is 2.34. The molecule has 0 aromatic carbocycles. The molecular formula is C16H29N3O2. The van der Waals surface area contributed by atoms with Crippen molar-refractivity contribution in [3.8, 4) is 0 Å². The summed E-state index contributed by atoms with van der Waals surface area (Å²) in [4.78, 5) is 4.30. The molecule has 5 nitrogen and oxygen atoms in total. The molecule has 2 aliphatic heterocycles. The molecule has 2 saturated heterocycles. The summed E-state index contributed by atoms with van der Waals surface area (Å²) in [7, 11) is 1.82. The molecule has 3 atom stereocenters. The third-order valence-electron chi connectivity index (χ3n) is 4.95. The Hall–Kier alpha value is -0.810. The third-order valence-corrected chi connectivity index (χ3v) is 4.95. The molecule has 0 radical (unpaired) electrons. The molecule has 0 aromatic rings. The molecule has 2 N–H and O–H groups in total. The van der Waals surface area contributed by atoms with E-state index in [1.807, 2.05) is 7.05 Å². The summed E-state index contributed by atoms with van der Waals surface area (Å²) in [5.41, 5.74) is 0. The number of hydrogen-bond donors (Lipinski definition) is 2. The Balaban J connectivity index is 1.31. The first-order valence-corrected chi connectivity index (χ1v) is 8.59. The molecule has 0 spiro atoms. The van der Waals surface area contributed by atoms with Gasteiger partial charge in [-0.25, -0.2) is 0 Å². The van der Waals surface area contributed by atoms with Crippen molar-refractivity contribution in [2.45, 2.75) is 75.7 Å². The summed E-state index contributed by atoms with van der Waals surface area (Å²) < 4.78 is 11.8. The Labute approximate surface area is 127 Å². The Bertz CT molecular complexity index is 355. The van der Waals surface area contributed by atoms with Crippen LogP contribution in [0.3, 0.4) is 0 Å². The van der Waals surface area contributed by atoms with Gasteiger partial charge in [-0.2, -0.15) is 0 Å². The Kier molecular flexibility index (Phi) is 5.36. The van der Waals surface area contributed by atoms with Crippen LogP contribution in [0.15, 0.2) is 4.99 Å². The van der Waals surface area contributed by atoms with Crippen LogP contribution in [-0.2, 0) is 9.47 Å². The van der Waals surface area contributed by atoms with E-state index < -0.39 is 0 Å². The lowest BCUT2D eigenvalue weighted by atomic mass is 9.96. The molecule has 3 rings (SSSR count). The summed E-state index contributed by atoms with van der Waals surface area (Å²) in [5, 5.41) is 6.85. The van der Waals surface area contributed by atoms with Crippen molar-refractivity contribution >= 4 is 5.96 Å². The number of rotatable bonds is 5. The smallest absolute Gasteiger partial charge is 0.191 e. The van der Waals surface area contributed by atoms with E-state index in [-0.39, 0.29) is 0 Å². The van der Waals surface area contributed by atoms with Gasteiger partial charge in [0.05, 0.1) is 31.0 Å². The van der Waals surface area contributed by atoms with Crippen molar-refractivity contribution in [1.29, 1.82) is 0 Å². The quantitative estimate of drug-likeness (QED) is 0.461. The molecule has 21 heavy (non-hydrogen) atoms. The van der Waals surface area contributed by atoms with Crippen LogP contribution in [0.25, 0.3) is 0 Å². The molecule has 1 aliphatic carbocycles. The highest BCUT2D eigenvalue weighted by Gasteiger charge is 2.41. The summed E-state index contributed by atoms with van der Waals surface area (Å²) in [6, 6.07) is 0.425. The van der Waals surface area contributed by atoms with E-state index in [9.17, 15) is 0 Å². The van der Waals surface area contributed by atoms with Gasteiger partial charge in [-0.1, -0.05) is 19.3 Å². The van der Waals surface area contributed by atoms with Gasteiger partial charge in [0.1, 0.15) is 0 Å². The number of hydrogen-bond acceptors (Lipinski definition) is 3. The largest absolute Gasteiger partial charge is 0.376 e. The third kappa shape index (κ3) is 4.10. The lowest BCUT2D eigenvalue weighted by Gasteiger charge is -2.24. The second-order valence-corrected chi connectivity index (χ2v) is 6.49. The van der Waals surface area contributed by atoms with Gasteiger partial charge < -0.3 is 20.1 Å². The van der Waals surface area contributed by atoms with E-state index in [1.165, 1.54) is 44.9 Å². The molecule has 3 aliphatic rings. The molecule has 120 valence electrons. The maximum absolute atomic E-state index is 5.93. The highest BCUT2D eigenvalue weighted by molar-refractivity contribution is 5.80. The average molecular weight is 295 g/mol. The minimum atomic E-state index is 0.382. The minimum absolute atomic E-state index is 0.382. The number of ether oxygens (including phenoxy) is 2. The highest BCUT2D eigenvalue weighted by atomic mass is 16.5. The van der Waals surface area contributed by atoms with E-state index in [1.54, 1.807) is 0 Å². The maximum atomic E-state index is 5.93. The molecular weight excluding hydrogens is 266 g/mol. The maximum Gasteiger partial charge on any atom is 0.191 e. The van der Waals surface area contributed by atoms with Gasteiger partial charge in [-0.3, -0.25) is 4.99 Å². The second-order valence-electron chi connectivity index (χ2n) is 6.49. The van der Waals surface area contributed by atoms with Gasteiger partial charge in [0.15, 0.2) is 5.96 Å². The fourth-order valence-corrected chi connectivity index (χ4v) is 3.79. The zero-order valence-corrected chi connectivity index (χ0v) is 13.1. The van der Waals surface area contributed by atoms with Gasteiger partial charge in [0.25, 0.3) is 0 Å². The summed E-state index contributed by atoms with van der Waals surface area (Å²) >= 11 is 0. The SMILES string of the molecule is CN=C(NCCOC1CCCCC1)NC1CC2CCC1O2. The first-order valence-electron chi connectivity index (χ1n) is 8.59. The van der Waals surface area contributed by atoms with Crippen molar-refractivity contribution in [3.63, 3.8) is 0 Å². The molecule has 2 bridgehead atoms. The Morgan fingerprint density at radius 1 is 1.19 bits per heavy atom. The first-order chi connectivity index (χ1) is 10.3. The molecule has 2 heterocycles. The lowest BCUT2D eigenvalue weighted by molar-refractivity contribution is 0.0317. The Morgan fingerprint density at radius 2 is 2.05 bits per heavy atom. The zero-order chi connectivity index (χ0) is 14.5. The van der Waals surface area contributed by atoms with E-state index >= 15 is 0 Å². The minimum Gasteiger partial charge on any atom is -0.376 e. The first kappa shape index (κ1) is 15.1. The molecule has 3 fully saturated rings. The standard InChI is InChI=1S/C16H29N3O2/c1-17-16(19-14-11-13-7-8-15(14)21-13)18-9-10-20-12-5-3-2-4-6-12/h12-15H,2-11H2,1H3,(H2,17,18,19). The second kappa shape index (κ2) is 7.45. The van der Waals surface area contributed by atoms with E-state index in [4.69, 9.17) is 9.47 Å². The predicted molar refractivity (Wildman–Crippen MR) is 83.6 cm³/mol. The van der Waals surface area contributed by atoms with Gasteiger partial charge >= 0.3 is 0 Å². The summed E-state index contributed by atoms with van der Waals surface area (Å²) in [5.74, 6) is 0.878. The normalized spacial score (nSPS) is 33.4. The van der Waals surface area contributed by atoms with Gasteiger partial charge in [0.2, 0.25) is 0 Å². The summed E-state index contributed by atoms with van der Waals surface area (Å²) in [6.45, 7) is 1.58. The number of guanidine groups is 1. The molecule has 0 amide bonds. The summed E-state index contributed by atoms with van der Waals surface area (Å²) in [6.07, 6.45) is 11.3. The van der Waals surface area contributed by atoms with Crippen molar-refractivity contribution in [1.82, 2.24) is 10.6 Å². The van der Waals surface area contributed by atoms with Crippen LogP contribution < -0.4 is 10.6 Å². The van der Waals surface area contributed by atoms with E-state index in [0.717, 1.165) is 25.5 Å². The van der Waals surface area contributed by atoms with Crippen molar-refractivity contribution in [3.05, 3.63) is 0 Å². The van der Waals surface area contributed by atoms with Gasteiger partial charge in [0, 0.05) is 13.6 Å². The fraction of sp³-hybridized carbons (Fsp3) is 0.938. The Morgan fingerprint density at radius 3 is 2.71 bits per heavy atom. The topological polar surface area (TPSA) is 54.9 Å². The fourth-order valence-electron chi connectivity index (χ4n) is 3.79. The molecule has 5 heteroatoms. The monoisotopic (exact) mass is 295 g/mol. The lowest BCUT2D eigenvalue weighted by Crippen LogP contribution is -2.48. The number of aliphatic imine (C=N–C) groups is 1. The van der Waals surface area contributed by atoms with Gasteiger partial charge in [-0.15, -0.1) is 0 Å². The molecule has 3 unspecified atom stereocenters. The zero-order valence-electron chi connectivity index (χ0n) is 13.1. The predicted octanol–water partition coefficient (Wildman–Crippen LogP) is 1.82. The van der Waals surface area contributed by atoms with Crippen LogP contribution in [0.1, 0.15) is 51.4 Å². The van der Waals surface area contributed by atoms with Crippen LogP contribution >= 0.6 is 0 Å². The number of nitrogens with zero attached hydrogens (tertiary/aromatic N) is 1.